The van der Waals surface area contributed by atoms with E-state index < -0.39 is 0 Å². The molecule has 0 aliphatic carbocycles. The molecule has 2 aromatic heterocycles. The maximum Gasteiger partial charge on any atom is 0.316 e. The molecular formula is C24H29N5O. The highest BCUT2D eigenvalue weighted by molar-refractivity contribution is 5.93. The van der Waals surface area contributed by atoms with E-state index in [1.807, 2.05) is 12.4 Å². The third-order valence-electron chi connectivity index (χ3n) is 6.56. The van der Waals surface area contributed by atoms with Crippen LogP contribution in [-0.4, -0.2) is 52.6 Å². The number of hydrogen-bond donors (Lipinski definition) is 0. The number of aryl methyl sites for hydroxylation is 2. The Morgan fingerprint density at radius 1 is 1.13 bits per heavy atom. The van der Waals surface area contributed by atoms with Gasteiger partial charge in [0.25, 0.3) is 0 Å². The molecule has 5 rings (SSSR count). The molecule has 0 saturated carbocycles. The van der Waals surface area contributed by atoms with E-state index in [-0.39, 0.29) is 0 Å². The number of likely N-dealkylation sites (tertiary alicyclic amines) is 1. The summed E-state index contributed by atoms with van der Waals surface area (Å²) >= 11 is 0. The van der Waals surface area contributed by atoms with Gasteiger partial charge in [0.05, 0.1) is 24.1 Å². The summed E-state index contributed by atoms with van der Waals surface area (Å²) < 4.78 is 6.04. The van der Waals surface area contributed by atoms with Gasteiger partial charge in [0.2, 0.25) is 0 Å². The zero-order chi connectivity index (χ0) is 20.7. The van der Waals surface area contributed by atoms with Crippen LogP contribution in [0.15, 0.2) is 30.6 Å². The Bertz CT molecular complexity index is 1080. The average molecular weight is 404 g/mol. The largest absolute Gasteiger partial charge is 0.462 e. The molecule has 6 nitrogen and oxygen atoms in total. The molecule has 0 N–H and O–H groups in total. The number of fused-ring (bicyclic) bond motifs is 2. The van der Waals surface area contributed by atoms with Crippen molar-refractivity contribution in [2.45, 2.75) is 45.7 Å². The maximum absolute atomic E-state index is 6.04. The van der Waals surface area contributed by atoms with Gasteiger partial charge in [0.15, 0.2) is 0 Å². The SMILES string of the molecule is Cc1ccc2cncc(N3CCc4c(C)nc(OC[C@@H]5CCCN5C)nc4C3)c2c1. The summed E-state index contributed by atoms with van der Waals surface area (Å²) in [4.78, 5) is 18.7. The van der Waals surface area contributed by atoms with Crippen LogP contribution in [0.3, 0.4) is 0 Å². The summed E-state index contributed by atoms with van der Waals surface area (Å²) in [6.45, 7) is 7.72. The molecule has 4 heterocycles. The lowest BCUT2D eigenvalue weighted by atomic mass is 10.0. The number of ether oxygens (including phenoxy) is 1. The molecular weight excluding hydrogens is 374 g/mol. The predicted molar refractivity (Wildman–Crippen MR) is 119 cm³/mol. The molecule has 0 unspecified atom stereocenters. The van der Waals surface area contributed by atoms with Crippen molar-refractivity contribution >= 4 is 16.5 Å². The molecule has 2 aliphatic heterocycles. The summed E-state index contributed by atoms with van der Waals surface area (Å²) in [5.41, 5.74) is 5.82. The molecule has 156 valence electrons. The first-order valence-corrected chi connectivity index (χ1v) is 10.9. The first-order chi connectivity index (χ1) is 14.6. The van der Waals surface area contributed by atoms with Gasteiger partial charge in [-0.1, -0.05) is 17.7 Å². The Labute approximate surface area is 177 Å². The molecule has 1 saturated heterocycles. The highest BCUT2D eigenvalue weighted by Gasteiger charge is 2.25. The van der Waals surface area contributed by atoms with Crippen LogP contribution in [-0.2, 0) is 13.0 Å². The fourth-order valence-electron chi connectivity index (χ4n) is 4.74. The van der Waals surface area contributed by atoms with Gasteiger partial charge in [-0.25, -0.2) is 4.98 Å². The van der Waals surface area contributed by atoms with Crippen LogP contribution in [0.4, 0.5) is 5.69 Å². The molecule has 0 bridgehead atoms. The van der Waals surface area contributed by atoms with Gasteiger partial charge in [0, 0.05) is 35.2 Å². The van der Waals surface area contributed by atoms with Gasteiger partial charge >= 0.3 is 6.01 Å². The van der Waals surface area contributed by atoms with Gasteiger partial charge in [-0.3, -0.25) is 4.98 Å². The monoisotopic (exact) mass is 403 g/mol. The summed E-state index contributed by atoms with van der Waals surface area (Å²) in [6, 6.07) is 7.52. The lowest BCUT2D eigenvalue weighted by Gasteiger charge is -2.31. The van der Waals surface area contributed by atoms with E-state index in [4.69, 9.17) is 9.72 Å². The van der Waals surface area contributed by atoms with Crippen LogP contribution in [0.25, 0.3) is 10.8 Å². The van der Waals surface area contributed by atoms with E-state index in [1.54, 1.807) is 0 Å². The Morgan fingerprint density at radius 2 is 2.03 bits per heavy atom. The topological polar surface area (TPSA) is 54.4 Å². The first-order valence-electron chi connectivity index (χ1n) is 10.9. The van der Waals surface area contributed by atoms with Crippen molar-refractivity contribution in [3.63, 3.8) is 0 Å². The van der Waals surface area contributed by atoms with Crippen molar-refractivity contribution in [1.82, 2.24) is 19.9 Å². The average Bonchev–Trinajstić information content (AvgIpc) is 3.16. The number of benzene rings is 1. The Kier molecular flexibility index (Phi) is 5.03. The molecule has 1 atom stereocenters. The third kappa shape index (κ3) is 3.60. The predicted octanol–water partition coefficient (Wildman–Crippen LogP) is 3.68. The van der Waals surface area contributed by atoms with Gasteiger partial charge in [-0.05, 0) is 58.3 Å². The lowest BCUT2D eigenvalue weighted by Crippen LogP contribution is -2.33. The molecule has 0 spiro atoms. The smallest absolute Gasteiger partial charge is 0.316 e. The van der Waals surface area contributed by atoms with Crippen molar-refractivity contribution in [2.75, 3.05) is 31.6 Å². The van der Waals surface area contributed by atoms with Gasteiger partial charge in [-0.15, -0.1) is 0 Å². The molecule has 1 fully saturated rings. The van der Waals surface area contributed by atoms with Crippen LogP contribution >= 0.6 is 0 Å². The minimum Gasteiger partial charge on any atom is -0.462 e. The molecule has 0 radical (unpaired) electrons. The number of rotatable bonds is 4. The summed E-state index contributed by atoms with van der Waals surface area (Å²) in [7, 11) is 2.16. The molecule has 30 heavy (non-hydrogen) atoms. The molecule has 6 heteroatoms. The van der Waals surface area contributed by atoms with Gasteiger partial charge < -0.3 is 14.5 Å². The van der Waals surface area contributed by atoms with E-state index in [2.05, 4.69) is 58.9 Å². The van der Waals surface area contributed by atoms with Crippen LogP contribution < -0.4 is 9.64 Å². The highest BCUT2D eigenvalue weighted by Crippen LogP contribution is 2.31. The molecule has 2 aliphatic rings. The van der Waals surface area contributed by atoms with E-state index in [0.29, 0.717) is 18.7 Å². The van der Waals surface area contributed by atoms with Crippen molar-refractivity contribution in [3.8, 4) is 6.01 Å². The van der Waals surface area contributed by atoms with E-state index >= 15 is 0 Å². The summed E-state index contributed by atoms with van der Waals surface area (Å²) in [6.07, 6.45) is 7.28. The number of nitrogens with zero attached hydrogens (tertiary/aromatic N) is 5. The van der Waals surface area contributed by atoms with E-state index in [0.717, 1.165) is 37.4 Å². The van der Waals surface area contributed by atoms with Gasteiger partial charge in [0.1, 0.15) is 6.61 Å². The Hall–Kier alpha value is -2.73. The standard InChI is InChI=1S/C24H29N5O/c1-16-6-7-18-12-25-13-23(21(18)11-16)29-10-8-20-17(2)26-24(27-22(20)14-29)30-15-19-5-4-9-28(19)3/h6-7,11-13,19H,4-5,8-10,14-15H2,1-3H3/t19-/m0/s1. The van der Waals surface area contributed by atoms with E-state index in [9.17, 15) is 0 Å². The summed E-state index contributed by atoms with van der Waals surface area (Å²) in [5, 5.41) is 2.42. The fourth-order valence-corrected chi connectivity index (χ4v) is 4.74. The first kappa shape index (κ1) is 19.2. The number of aromatic nitrogens is 3. The number of likely N-dealkylation sites (N-methyl/N-ethyl adjacent to an activating group) is 1. The number of hydrogen-bond acceptors (Lipinski definition) is 6. The van der Waals surface area contributed by atoms with Crippen molar-refractivity contribution < 1.29 is 4.74 Å². The normalized spacial score (nSPS) is 19.3. The van der Waals surface area contributed by atoms with Crippen LogP contribution in [0.2, 0.25) is 0 Å². The second kappa shape index (κ2) is 7.84. The molecule has 3 aromatic rings. The quantitative estimate of drug-likeness (QED) is 0.662. The zero-order valence-electron chi connectivity index (χ0n) is 18.1. The van der Waals surface area contributed by atoms with Crippen LogP contribution in [0.5, 0.6) is 6.01 Å². The lowest BCUT2D eigenvalue weighted by molar-refractivity contribution is 0.187. The number of anilines is 1. The maximum atomic E-state index is 6.04. The number of pyridine rings is 1. The van der Waals surface area contributed by atoms with Crippen LogP contribution in [0.1, 0.15) is 35.4 Å². The second-order valence-corrected chi connectivity index (χ2v) is 8.66. The summed E-state index contributed by atoms with van der Waals surface area (Å²) in [5.74, 6) is 0. The van der Waals surface area contributed by atoms with Gasteiger partial charge in [-0.2, -0.15) is 4.98 Å². The second-order valence-electron chi connectivity index (χ2n) is 8.66. The molecule has 0 amide bonds. The van der Waals surface area contributed by atoms with Crippen molar-refractivity contribution in [2.24, 2.45) is 0 Å². The zero-order valence-corrected chi connectivity index (χ0v) is 18.1. The minimum absolute atomic E-state index is 0.464. The van der Waals surface area contributed by atoms with Crippen molar-refractivity contribution in [3.05, 3.63) is 53.1 Å². The van der Waals surface area contributed by atoms with E-state index in [1.165, 1.54) is 40.4 Å². The van der Waals surface area contributed by atoms with Crippen molar-refractivity contribution in [1.29, 1.82) is 0 Å². The van der Waals surface area contributed by atoms with Crippen LogP contribution in [0, 0.1) is 13.8 Å². The highest BCUT2D eigenvalue weighted by atomic mass is 16.5. The minimum atomic E-state index is 0.464. The Morgan fingerprint density at radius 3 is 2.87 bits per heavy atom. The Balaban J connectivity index is 1.41. The molecule has 1 aromatic carbocycles. The third-order valence-corrected chi connectivity index (χ3v) is 6.56. The fraction of sp³-hybridized carbons (Fsp3) is 0.458.